The van der Waals surface area contributed by atoms with Crippen molar-refractivity contribution in [3.8, 4) is 5.75 Å². The van der Waals surface area contributed by atoms with Crippen LogP contribution in [0.15, 0.2) is 78.9 Å². The number of benzene rings is 3. The fraction of sp³-hybridized carbons (Fsp3) is 0.323. The van der Waals surface area contributed by atoms with Gasteiger partial charge in [0, 0.05) is 16.5 Å². The molecule has 2 amide bonds. The van der Waals surface area contributed by atoms with Crippen LogP contribution in [0.3, 0.4) is 0 Å². The molecule has 0 aromatic heterocycles. The zero-order chi connectivity index (χ0) is 29.0. The van der Waals surface area contributed by atoms with E-state index < -0.39 is 29.6 Å². The van der Waals surface area contributed by atoms with Crippen molar-refractivity contribution in [2.75, 3.05) is 6.54 Å². The van der Waals surface area contributed by atoms with E-state index in [-0.39, 0.29) is 26.0 Å². The van der Waals surface area contributed by atoms with Crippen LogP contribution in [0.4, 0.5) is 4.79 Å². The van der Waals surface area contributed by atoms with E-state index in [2.05, 4.69) is 33.2 Å². The molecule has 1 atom stereocenters. The molecule has 0 aliphatic rings. The number of carbonyl (C=O) groups excluding carboxylic acids is 3. The number of hydrogen-bond acceptors (Lipinski definition) is 6. The molecule has 0 saturated heterocycles. The van der Waals surface area contributed by atoms with Crippen molar-refractivity contribution in [1.29, 1.82) is 0 Å². The lowest BCUT2D eigenvalue weighted by molar-refractivity contribution is -0.144. The van der Waals surface area contributed by atoms with Crippen LogP contribution < -0.4 is 15.4 Å². The van der Waals surface area contributed by atoms with Crippen molar-refractivity contribution in [3.05, 3.63) is 99.1 Å². The predicted octanol–water partition coefficient (Wildman–Crippen LogP) is 5.56. The van der Waals surface area contributed by atoms with E-state index in [4.69, 9.17) is 14.2 Å². The van der Waals surface area contributed by atoms with Crippen molar-refractivity contribution in [1.82, 2.24) is 10.6 Å². The summed E-state index contributed by atoms with van der Waals surface area (Å²) in [6.45, 7) is 5.82. The summed E-state index contributed by atoms with van der Waals surface area (Å²) >= 11 is 2.19. The maximum absolute atomic E-state index is 13.2. The van der Waals surface area contributed by atoms with Gasteiger partial charge >= 0.3 is 12.1 Å². The first-order valence-electron chi connectivity index (χ1n) is 13.0. The first-order chi connectivity index (χ1) is 19.1. The van der Waals surface area contributed by atoms with E-state index >= 15 is 0 Å². The Hall–Kier alpha value is -3.60. The molecule has 0 bridgehead atoms. The highest BCUT2D eigenvalue weighted by atomic mass is 127. The monoisotopic (exact) mass is 658 g/mol. The normalized spacial score (nSPS) is 11.7. The molecule has 9 heteroatoms. The van der Waals surface area contributed by atoms with Crippen molar-refractivity contribution in [2.45, 2.75) is 58.5 Å². The molecular weight excluding hydrogens is 623 g/mol. The van der Waals surface area contributed by atoms with Gasteiger partial charge in [0.1, 0.15) is 30.6 Å². The number of amides is 2. The molecule has 0 saturated carbocycles. The van der Waals surface area contributed by atoms with Crippen LogP contribution in [0.25, 0.3) is 0 Å². The minimum atomic E-state index is -0.965. The van der Waals surface area contributed by atoms with E-state index in [0.29, 0.717) is 12.4 Å². The third kappa shape index (κ3) is 11.3. The molecular formula is C31H35IN2O6. The van der Waals surface area contributed by atoms with Crippen LogP contribution in [0.2, 0.25) is 0 Å². The van der Waals surface area contributed by atoms with Crippen LogP contribution in [0.5, 0.6) is 5.75 Å². The largest absolute Gasteiger partial charge is 0.489 e. The van der Waals surface area contributed by atoms with Crippen LogP contribution in [-0.2, 0) is 38.7 Å². The molecule has 0 fully saturated rings. The highest BCUT2D eigenvalue weighted by molar-refractivity contribution is 14.1. The zero-order valence-corrected chi connectivity index (χ0v) is 25.1. The Kier molecular flexibility index (Phi) is 11.8. The van der Waals surface area contributed by atoms with Gasteiger partial charge in [-0.1, -0.05) is 60.7 Å². The Morgan fingerprint density at radius 2 is 1.50 bits per heavy atom. The number of alkyl carbamates (subject to hydrolysis) is 1. The van der Waals surface area contributed by atoms with Crippen molar-refractivity contribution in [3.63, 3.8) is 0 Å². The molecule has 0 unspecified atom stereocenters. The topological polar surface area (TPSA) is 103 Å². The van der Waals surface area contributed by atoms with Gasteiger partial charge in [-0.25, -0.2) is 4.79 Å². The summed E-state index contributed by atoms with van der Waals surface area (Å²) in [5.41, 5.74) is 1.90. The summed E-state index contributed by atoms with van der Waals surface area (Å²) in [5, 5.41) is 5.42. The van der Waals surface area contributed by atoms with Gasteiger partial charge in [-0.05, 0) is 78.3 Å². The number of nitrogens with one attached hydrogen (secondary N) is 2. The van der Waals surface area contributed by atoms with Gasteiger partial charge in [0.15, 0.2) is 0 Å². The Balaban J connectivity index is 1.65. The molecule has 0 aliphatic carbocycles. The first kappa shape index (κ1) is 30.9. The Morgan fingerprint density at radius 1 is 0.875 bits per heavy atom. The van der Waals surface area contributed by atoms with Crippen LogP contribution in [0.1, 0.15) is 43.9 Å². The van der Waals surface area contributed by atoms with Gasteiger partial charge in [-0.2, -0.15) is 0 Å². The Bertz CT molecular complexity index is 1260. The van der Waals surface area contributed by atoms with E-state index in [1.807, 2.05) is 78.9 Å². The quantitative estimate of drug-likeness (QED) is 0.195. The lowest BCUT2D eigenvalue weighted by Crippen LogP contribution is -2.49. The standard InChI is InChI=1S/C31H35IN2O6/c1-31(2,3)40-30(37)34-26(29(36)33-17-16-28(35)39-21-23-12-8-5-9-13-23)19-24-18-25(32)14-15-27(24)38-20-22-10-6-4-7-11-22/h4-15,18,26H,16-17,19-21H2,1-3H3,(H,33,36)(H,34,37)/t26-/m0/s1. The number of hydrogen-bond donors (Lipinski definition) is 2. The summed E-state index contributed by atoms with van der Waals surface area (Å²) in [6.07, 6.45) is -0.566. The highest BCUT2D eigenvalue weighted by Gasteiger charge is 2.26. The summed E-state index contributed by atoms with van der Waals surface area (Å²) in [7, 11) is 0. The molecule has 3 aromatic carbocycles. The van der Waals surface area contributed by atoms with Crippen LogP contribution >= 0.6 is 22.6 Å². The lowest BCUT2D eigenvalue weighted by Gasteiger charge is -2.24. The Morgan fingerprint density at radius 3 is 2.12 bits per heavy atom. The number of carbonyl (C=O) groups is 3. The third-order valence-electron chi connectivity index (χ3n) is 5.56. The Labute approximate surface area is 248 Å². The minimum absolute atomic E-state index is 0.00754. The average molecular weight is 659 g/mol. The molecule has 0 radical (unpaired) electrons. The third-order valence-corrected chi connectivity index (χ3v) is 6.23. The van der Waals surface area contributed by atoms with Gasteiger partial charge in [0.2, 0.25) is 5.91 Å². The highest BCUT2D eigenvalue weighted by Crippen LogP contribution is 2.24. The average Bonchev–Trinajstić information content (AvgIpc) is 2.91. The predicted molar refractivity (Wildman–Crippen MR) is 161 cm³/mol. The van der Waals surface area contributed by atoms with E-state index in [9.17, 15) is 14.4 Å². The fourth-order valence-electron chi connectivity index (χ4n) is 3.68. The fourth-order valence-corrected chi connectivity index (χ4v) is 4.24. The summed E-state index contributed by atoms with van der Waals surface area (Å²) in [5.74, 6) is -0.276. The van der Waals surface area contributed by atoms with E-state index in [1.165, 1.54) is 0 Å². The summed E-state index contributed by atoms with van der Waals surface area (Å²) in [4.78, 5) is 38.0. The summed E-state index contributed by atoms with van der Waals surface area (Å²) in [6, 6.07) is 23.8. The SMILES string of the molecule is CC(C)(C)OC(=O)N[C@@H](Cc1cc(I)ccc1OCc1ccccc1)C(=O)NCCC(=O)OCc1ccccc1. The molecule has 3 rings (SSSR count). The molecule has 8 nitrogen and oxygen atoms in total. The molecule has 0 spiro atoms. The number of esters is 1. The van der Waals surface area contributed by atoms with Gasteiger partial charge in [0.05, 0.1) is 6.42 Å². The molecule has 3 aromatic rings. The van der Waals surface area contributed by atoms with E-state index in [1.54, 1.807) is 20.8 Å². The maximum atomic E-state index is 13.2. The molecule has 0 heterocycles. The van der Waals surface area contributed by atoms with Crippen LogP contribution in [0, 0.1) is 3.57 Å². The molecule has 212 valence electrons. The van der Waals surface area contributed by atoms with Crippen molar-refractivity contribution in [2.24, 2.45) is 0 Å². The second kappa shape index (κ2) is 15.3. The summed E-state index contributed by atoms with van der Waals surface area (Å²) < 4.78 is 17.7. The smallest absolute Gasteiger partial charge is 0.408 e. The second-order valence-electron chi connectivity index (χ2n) is 10.1. The second-order valence-corrected chi connectivity index (χ2v) is 11.4. The van der Waals surface area contributed by atoms with Crippen molar-refractivity contribution < 1.29 is 28.6 Å². The lowest BCUT2D eigenvalue weighted by atomic mass is 10.0. The van der Waals surface area contributed by atoms with E-state index in [0.717, 1.165) is 20.3 Å². The number of rotatable bonds is 12. The van der Waals surface area contributed by atoms with Crippen molar-refractivity contribution >= 4 is 40.6 Å². The first-order valence-corrected chi connectivity index (χ1v) is 14.1. The minimum Gasteiger partial charge on any atom is -0.489 e. The molecule has 2 N–H and O–H groups in total. The number of ether oxygens (including phenoxy) is 3. The van der Waals surface area contributed by atoms with Gasteiger partial charge < -0.3 is 24.8 Å². The maximum Gasteiger partial charge on any atom is 0.408 e. The van der Waals surface area contributed by atoms with Gasteiger partial charge in [-0.3, -0.25) is 9.59 Å². The van der Waals surface area contributed by atoms with Gasteiger partial charge in [0.25, 0.3) is 0 Å². The zero-order valence-electron chi connectivity index (χ0n) is 22.9. The number of halogens is 1. The molecule has 40 heavy (non-hydrogen) atoms. The molecule has 0 aliphatic heterocycles. The van der Waals surface area contributed by atoms with Gasteiger partial charge in [-0.15, -0.1) is 0 Å². The van der Waals surface area contributed by atoms with Crippen LogP contribution in [-0.4, -0.2) is 36.2 Å².